The summed E-state index contributed by atoms with van der Waals surface area (Å²) < 4.78 is 19.5. The van der Waals surface area contributed by atoms with Crippen molar-refractivity contribution < 1.29 is 23.8 Å². The molecule has 0 radical (unpaired) electrons. The third kappa shape index (κ3) is 3.49. The summed E-state index contributed by atoms with van der Waals surface area (Å²) in [4.78, 5) is 23.8. The van der Waals surface area contributed by atoms with Crippen molar-refractivity contribution in [2.24, 2.45) is 5.92 Å². The summed E-state index contributed by atoms with van der Waals surface area (Å²) >= 11 is 0. The van der Waals surface area contributed by atoms with E-state index >= 15 is 0 Å². The van der Waals surface area contributed by atoms with Crippen molar-refractivity contribution in [1.82, 2.24) is 5.32 Å². The minimum absolute atomic E-state index is 0.0389. The summed E-state index contributed by atoms with van der Waals surface area (Å²) in [5.41, 5.74) is 3.99. The Hall–Kier alpha value is -3.19. The van der Waals surface area contributed by atoms with E-state index in [1.165, 1.54) is 18.2 Å². The molecule has 2 aromatic carbocycles. The number of carbonyl (C=O) groups excluding carboxylic acids is 1. The molecule has 150 valence electrons. The summed E-state index contributed by atoms with van der Waals surface area (Å²) in [6, 6.07) is 9.20. The normalized spacial score (nSPS) is 18.3. The number of carbonyl (C=O) groups is 2. The van der Waals surface area contributed by atoms with Crippen LogP contribution in [0.3, 0.4) is 0 Å². The maximum atomic E-state index is 13.7. The number of rotatable bonds is 5. The van der Waals surface area contributed by atoms with Crippen LogP contribution in [0.1, 0.15) is 36.1 Å². The number of halogens is 1. The van der Waals surface area contributed by atoms with Crippen molar-refractivity contribution in [2.45, 2.75) is 33.0 Å². The van der Waals surface area contributed by atoms with E-state index in [0.29, 0.717) is 35.7 Å². The predicted molar refractivity (Wildman–Crippen MR) is 106 cm³/mol. The molecule has 1 atom stereocenters. The first kappa shape index (κ1) is 19.1. The van der Waals surface area contributed by atoms with Gasteiger partial charge in [0.2, 0.25) is 0 Å². The fourth-order valence-corrected chi connectivity index (χ4v) is 3.73. The lowest BCUT2D eigenvalue weighted by Gasteiger charge is -2.18. The molecular weight excluding hydrogens is 375 g/mol. The topological polar surface area (TPSA) is 87.7 Å². The number of carboxylic acid groups (broad SMARTS) is 1. The first-order chi connectivity index (χ1) is 13.8. The van der Waals surface area contributed by atoms with Gasteiger partial charge in [0.05, 0.1) is 5.57 Å². The monoisotopic (exact) mass is 396 g/mol. The number of benzene rings is 2. The molecule has 7 heteroatoms. The van der Waals surface area contributed by atoms with Crippen molar-refractivity contribution in [3.63, 3.8) is 0 Å². The van der Waals surface area contributed by atoms with Crippen LogP contribution >= 0.6 is 0 Å². The molecule has 0 spiro atoms. The zero-order chi connectivity index (χ0) is 20.7. The van der Waals surface area contributed by atoms with Crippen LogP contribution in [0.5, 0.6) is 0 Å². The first-order valence-corrected chi connectivity index (χ1v) is 9.42. The van der Waals surface area contributed by atoms with E-state index in [2.05, 4.69) is 10.6 Å². The minimum atomic E-state index is -0.880. The highest BCUT2D eigenvalue weighted by molar-refractivity contribution is 6.36. The van der Waals surface area contributed by atoms with Gasteiger partial charge >= 0.3 is 5.97 Å². The number of hydrogen-bond donors (Lipinski definition) is 3. The highest BCUT2D eigenvalue weighted by Gasteiger charge is 2.33. The van der Waals surface area contributed by atoms with Gasteiger partial charge in [0.25, 0.3) is 5.91 Å². The van der Waals surface area contributed by atoms with Crippen LogP contribution < -0.4 is 10.6 Å². The van der Waals surface area contributed by atoms with E-state index in [1.54, 1.807) is 0 Å². The Kier molecular flexibility index (Phi) is 4.84. The third-order valence-corrected chi connectivity index (χ3v) is 5.20. The summed E-state index contributed by atoms with van der Waals surface area (Å²) in [5.74, 6) is -1.22. The van der Waals surface area contributed by atoms with E-state index in [-0.39, 0.29) is 11.8 Å². The molecule has 1 amide bonds. The molecule has 2 aliphatic rings. The van der Waals surface area contributed by atoms with Crippen molar-refractivity contribution in [3.8, 4) is 0 Å². The van der Waals surface area contributed by atoms with E-state index in [0.717, 1.165) is 16.7 Å². The van der Waals surface area contributed by atoms with Gasteiger partial charge < -0.3 is 20.5 Å². The Bertz CT molecular complexity index is 1050. The molecule has 4 rings (SSSR count). The SMILES string of the molecule is CC(C)[C@H](NCc1ccc2c(c1)COC2=C1C(=O)Nc2ccc(F)cc21)C(=O)O. The van der Waals surface area contributed by atoms with Crippen molar-refractivity contribution in [1.29, 1.82) is 0 Å². The molecule has 0 aromatic heterocycles. The number of ether oxygens (including phenoxy) is 1. The molecular formula is C22H21FN2O4. The fourth-order valence-electron chi connectivity index (χ4n) is 3.73. The Morgan fingerprint density at radius 3 is 2.76 bits per heavy atom. The van der Waals surface area contributed by atoms with Crippen molar-refractivity contribution in [3.05, 3.63) is 64.5 Å². The van der Waals surface area contributed by atoms with Gasteiger partial charge in [-0.15, -0.1) is 0 Å². The molecule has 2 aliphatic heterocycles. The molecule has 29 heavy (non-hydrogen) atoms. The van der Waals surface area contributed by atoms with Crippen LogP contribution in [0.15, 0.2) is 36.4 Å². The predicted octanol–water partition coefficient (Wildman–Crippen LogP) is 3.38. The molecule has 0 unspecified atom stereocenters. The van der Waals surface area contributed by atoms with Gasteiger partial charge in [-0.1, -0.05) is 32.0 Å². The lowest BCUT2D eigenvalue weighted by molar-refractivity contribution is -0.140. The summed E-state index contributed by atoms with van der Waals surface area (Å²) in [6.45, 7) is 4.41. The van der Waals surface area contributed by atoms with Crippen LogP contribution in [0.25, 0.3) is 11.3 Å². The Morgan fingerprint density at radius 2 is 2.03 bits per heavy atom. The lowest BCUT2D eigenvalue weighted by Crippen LogP contribution is -2.40. The Morgan fingerprint density at radius 1 is 1.24 bits per heavy atom. The summed E-state index contributed by atoms with van der Waals surface area (Å²) in [7, 11) is 0. The number of carboxylic acids is 1. The first-order valence-electron chi connectivity index (χ1n) is 9.42. The maximum Gasteiger partial charge on any atom is 0.320 e. The van der Waals surface area contributed by atoms with Gasteiger partial charge in [-0.2, -0.15) is 0 Å². The molecule has 0 saturated carbocycles. The zero-order valence-electron chi connectivity index (χ0n) is 16.1. The van der Waals surface area contributed by atoms with Gasteiger partial charge in [0.1, 0.15) is 24.2 Å². The lowest BCUT2D eigenvalue weighted by atomic mass is 9.98. The number of amides is 1. The third-order valence-electron chi connectivity index (χ3n) is 5.20. The van der Waals surface area contributed by atoms with Gasteiger partial charge in [-0.25, -0.2) is 4.39 Å². The standard InChI is InChI=1S/C22H21FN2O4/c1-11(2)19(22(27)28)24-9-12-3-5-15-13(7-12)10-29-20(15)18-16-8-14(23)4-6-17(16)25-21(18)26/h3-8,11,19,24H,9-10H2,1-2H3,(H,25,26)(H,27,28)/t19-/m0/s1. The minimum Gasteiger partial charge on any atom is -0.487 e. The van der Waals surface area contributed by atoms with Gasteiger partial charge in [-0.05, 0) is 29.7 Å². The average Bonchev–Trinajstić information content (AvgIpc) is 3.20. The van der Waals surface area contributed by atoms with Gasteiger partial charge in [0, 0.05) is 28.9 Å². The molecule has 0 aliphatic carbocycles. The number of fused-ring (bicyclic) bond motifs is 2. The smallest absolute Gasteiger partial charge is 0.320 e. The fraction of sp³-hybridized carbons (Fsp3) is 0.273. The highest BCUT2D eigenvalue weighted by Crippen LogP contribution is 2.41. The second-order valence-electron chi connectivity index (χ2n) is 7.57. The van der Waals surface area contributed by atoms with E-state index in [1.807, 2.05) is 32.0 Å². The summed E-state index contributed by atoms with van der Waals surface area (Å²) in [5, 5.41) is 15.1. The van der Waals surface area contributed by atoms with Gasteiger partial charge in [0.15, 0.2) is 0 Å². The molecule has 0 saturated heterocycles. The maximum absolute atomic E-state index is 13.7. The number of anilines is 1. The molecule has 0 fully saturated rings. The number of aliphatic carboxylic acids is 1. The van der Waals surface area contributed by atoms with E-state index < -0.39 is 17.8 Å². The largest absolute Gasteiger partial charge is 0.487 e. The second kappa shape index (κ2) is 7.33. The van der Waals surface area contributed by atoms with E-state index in [9.17, 15) is 19.1 Å². The highest BCUT2D eigenvalue weighted by atomic mass is 19.1. The molecule has 6 nitrogen and oxygen atoms in total. The van der Waals surface area contributed by atoms with Gasteiger partial charge in [-0.3, -0.25) is 9.59 Å². The van der Waals surface area contributed by atoms with Crippen molar-refractivity contribution >= 4 is 28.9 Å². The molecule has 2 heterocycles. The van der Waals surface area contributed by atoms with E-state index in [4.69, 9.17) is 4.74 Å². The second-order valence-corrected chi connectivity index (χ2v) is 7.57. The van der Waals surface area contributed by atoms with Crippen LogP contribution in [-0.2, 0) is 27.5 Å². The van der Waals surface area contributed by atoms with Crippen LogP contribution in [-0.4, -0.2) is 23.0 Å². The number of nitrogens with one attached hydrogen (secondary N) is 2. The summed E-state index contributed by atoms with van der Waals surface area (Å²) in [6.07, 6.45) is 0. The Balaban J connectivity index is 1.63. The molecule has 3 N–H and O–H groups in total. The quantitative estimate of drug-likeness (QED) is 0.675. The van der Waals surface area contributed by atoms with Crippen LogP contribution in [0.2, 0.25) is 0 Å². The average molecular weight is 396 g/mol. The van der Waals surface area contributed by atoms with Crippen LogP contribution in [0.4, 0.5) is 10.1 Å². The number of hydrogen-bond acceptors (Lipinski definition) is 4. The molecule has 0 bridgehead atoms. The molecule has 2 aromatic rings. The van der Waals surface area contributed by atoms with Crippen molar-refractivity contribution in [2.75, 3.05) is 5.32 Å². The zero-order valence-corrected chi connectivity index (χ0v) is 16.1. The van der Waals surface area contributed by atoms with Crippen LogP contribution in [0, 0.1) is 11.7 Å². The Labute approximate surface area is 167 Å².